The Bertz CT molecular complexity index is 565. The van der Waals surface area contributed by atoms with Crippen molar-refractivity contribution in [2.45, 2.75) is 12.5 Å². The predicted octanol–water partition coefficient (Wildman–Crippen LogP) is 1.42. The molecule has 100 valence electrons. The maximum absolute atomic E-state index is 11.8. The number of nitrogens with one attached hydrogen (secondary N) is 1. The Balaban J connectivity index is 1.96. The van der Waals surface area contributed by atoms with E-state index >= 15 is 0 Å². The van der Waals surface area contributed by atoms with Crippen LogP contribution in [-0.2, 0) is 4.79 Å². The number of thiophene rings is 1. The summed E-state index contributed by atoms with van der Waals surface area (Å²) in [7, 11) is 0. The molecule has 0 aromatic carbocycles. The summed E-state index contributed by atoms with van der Waals surface area (Å²) in [6, 6.07) is 2.30. The van der Waals surface area contributed by atoms with Gasteiger partial charge in [0.25, 0.3) is 5.91 Å². The minimum atomic E-state index is -0.931. The van der Waals surface area contributed by atoms with Gasteiger partial charge >= 0.3 is 11.0 Å². The highest BCUT2D eigenvalue weighted by molar-refractivity contribution is 7.17. The Hall–Kier alpha value is -2.22. The summed E-state index contributed by atoms with van der Waals surface area (Å²) in [6.45, 7) is 0. The molecule has 0 bridgehead atoms. The second-order valence-corrected chi connectivity index (χ2v) is 5.10. The topological polar surface area (TPSA) is 110 Å². The van der Waals surface area contributed by atoms with Gasteiger partial charge in [0.05, 0.1) is 15.7 Å². The number of amides is 1. The second kappa shape index (κ2) is 5.19. The van der Waals surface area contributed by atoms with Crippen LogP contribution in [0.2, 0.25) is 0 Å². The van der Waals surface area contributed by atoms with E-state index in [2.05, 4.69) is 5.32 Å². The van der Waals surface area contributed by atoms with Gasteiger partial charge in [0.2, 0.25) is 0 Å². The number of nitrogens with zero attached hydrogens (tertiary/aromatic N) is 1. The van der Waals surface area contributed by atoms with E-state index in [1.54, 1.807) is 6.08 Å². The minimum Gasteiger partial charge on any atom is -0.481 e. The number of rotatable bonds is 4. The molecule has 2 unspecified atom stereocenters. The Labute approximate surface area is 111 Å². The number of carboxylic acids is 1. The van der Waals surface area contributed by atoms with E-state index < -0.39 is 22.7 Å². The zero-order valence-electron chi connectivity index (χ0n) is 9.61. The normalized spacial score (nSPS) is 21.3. The number of aliphatic carboxylic acids is 1. The third-order valence-corrected chi connectivity index (χ3v) is 3.75. The third-order valence-electron chi connectivity index (χ3n) is 2.71. The summed E-state index contributed by atoms with van der Waals surface area (Å²) < 4.78 is 0. The van der Waals surface area contributed by atoms with Crippen molar-refractivity contribution < 1.29 is 19.6 Å². The molecule has 0 spiro atoms. The van der Waals surface area contributed by atoms with Gasteiger partial charge in [-0.3, -0.25) is 19.7 Å². The number of nitro groups is 1. The van der Waals surface area contributed by atoms with E-state index in [1.165, 1.54) is 18.2 Å². The number of carbonyl (C=O) groups is 2. The molecule has 2 atom stereocenters. The van der Waals surface area contributed by atoms with Crippen molar-refractivity contribution >= 4 is 28.2 Å². The Morgan fingerprint density at radius 3 is 2.68 bits per heavy atom. The second-order valence-electron chi connectivity index (χ2n) is 4.04. The van der Waals surface area contributed by atoms with Crippen molar-refractivity contribution in [1.29, 1.82) is 0 Å². The van der Waals surface area contributed by atoms with Crippen LogP contribution in [0, 0.1) is 16.0 Å². The van der Waals surface area contributed by atoms with Crippen molar-refractivity contribution in [3.8, 4) is 0 Å². The van der Waals surface area contributed by atoms with Crippen molar-refractivity contribution in [3.63, 3.8) is 0 Å². The number of carboxylic acid groups (broad SMARTS) is 1. The molecule has 1 amide bonds. The minimum absolute atomic E-state index is 0.101. The number of hydrogen-bond donors (Lipinski definition) is 2. The fraction of sp³-hybridized carbons (Fsp3) is 0.273. The van der Waals surface area contributed by atoms with Gasteiger partial charge in [-0.1, -0.05) is 23.5 Å². The van der Waals surface area contributed by atoms with E-state index in [0.717, 1.165) is 11.3 Å². The van der Waals surface area contributed by atoms with Gasteiger partial charge in [-0.25, -0.2) is 0 Å². The van der Waals surface area contributed by atoms with Gasteiger partial charge in [0.15, 0.2) is 0 Å². The fourth-order valence-electron chi connectivity index (χ4n) is 1.78. The van der Waals surface area contributed by atoms with Crippen LogP contribution >= 0.6 is 11.3 Å². The van der Waals surface area contributed by atoms with Gasteiger partial charge in [-0.2, -0.15) is 0 Å². The summed E-state index contributed by atoms with van der Waals surface area (Å²) in [5, 5.41) is 21.8. The van der Waals surface area contributed by atoms with Gasteiger partial charge in [0, 0.05) is 12.1 Å². The molecule has 8 heteroatoms. The molecule has 1 aromatic rings. The molecule has 0 fully saturated rings. The zero-order valence-corrected chi connectivity index (χ0v) is 10.4. The maximum Gasteiger partial charge on any atom is 0.324 e. The van der Waals surface area contributed by atoms with Crippen molar-refractivity contribution in [1.82, 2.24) is 5.32 Å². The van der Waals surface area contributed by atoms with Gasteiger partial charge in [-0.05, 0) is 12.5 Å². The molecule has 1 heterocycles. The summed E-state index contributed by atoms with van der Waals surface area (Å²) in [6.07, 6.45) is 3.46. The molecule has 0 aliphatic heterocycles. The molecule has 2 N–H and O–H groups in total. The van der Waals surface area contributed by atoms with Gasteiger partial charge in [-0.15, -0.1) is 0 Å². The average Bonchev–Trinajstić information content (AvgIpc) is 2.96. The van der Waals surface area contributed by atoms with Crippen molar-refractivity contribution in [2.24, 2.45) is 5.92 Å². The lowest BCUT2D eigenvalue weighted by Crippen LogP contribution is -2.32. The highest BCUT2D eigenvalue weighted by Gasteiger charge is 2.26. The van der Waals surface area contributed by atoms with Crippen molar-refractivity contribution in [2.75, 3.05) is 0 Å². The largest absolute Gasteiger partial charge is 0.481 e. The first-order valence-electron chi connectivity index (χ1n) is 5.43. The lowest BCUT2D eigenvalue weighted by Gasteiger charge is -2.10. The average molecular weight is 282 g/mol. The molecule has 1 aliphatic carbocycles. The summed E-state index contributed by atoms with van der Waals surface area (Å²) in [5.41, 5.74) is 0. The van der Waals surface area contributed by atoms with Crippen LogP contribution in [-0.4, -0.2) is 27.9 Å². The van der Waals surface area contributed by atoms with E-state index in [1.807, 2.05) is 0 Å². The van der Waals surface area contributed by atoms with Crippen LogP contribution < -0.4 is 5.32 Å². The van der Waals surface area contributed by atoms with Gasteiger partial charge in [0.1, 0.15) is 0 Å². The van der Waals surface area contributed by atoms with Crippen LogP contribution in [0.5, 0.6) is 0 Å². The molecule has 0 saturated carbocycles. The van der Waals surface area contributed by atoms with Crippen molar-refractivity contribution in [3.05, 3.63) is 39.3 Å². The Morgan fingerprint density at radius 2 is 2.16 bits per heavy atom. The molecular formula is C11H10N2O5S. The summed E-state index contributed by atoms with van der Waals surface area (Å²) in [4.78, 5) is 32.7. The quantitative estimate of drug-likeness (QED) is 0.493. The van der Waals surface area contributed by atoms with Crippen LogP contribution in [0.15, 0.2) is 24.3 Å². The van der Waals surface area contributed by atoms with E-state index in [-0.39, 0.29) is 15.9 Å². The van der Waals surface area contributed by atoms with Gasteiger partial charge < -0.3 is 10.4 Å². The third kappa shape index (κ3) is 2.97. The molecule has 0 radical (unpaired) electrons. The Kier molecular flexibility index (Phi) is 3.61. The molecule has 0 saturated heterocycles. The monoisotopic (exact) mass is 282 g/mol. The fourth-order valence-corrected chi connectivity index (χ4v) is 2.50. The molecular weight excluding hydrogens is 272 g/mol. The maximum atomic E-state index is 11.8. The van der Waals surface area contributed by atoms with Crippen LogP contribution in [0.3, 0.4) is 0 Å². The number of carbonyl (C=O) groups excluding carboxylic acids is 1. The molecule has 1 aromatic heterocycles. The first-order valence-corrected chi connectivity index (χ1v) is 6.25. The molecule has 19 heavy (non-hydrogen) atoms. The number of hydrogen-bond acceptors (Lipinski definition) is 5. The summed E-state index contributed by atoms with van der Waals surface area (Å²) in [5.74, 6) is -1.96. The van der Waals surface area contributed by atoms with Crippen LogP contribution in [0.1, 0.15) is 16.1 Å². The SMILES string of the molecule is O=C(NC1C=CC(C(=O)O)C1)c1ccc([N+](=O)[O-])s1. The lowest BCUT2D eigenvalue weighted by atomic mass is 10.1. The highest BCUT2D eigenvalue weighted by Crippen LogP contribution is 2.24. The molecule has 2 rings (SSSR count). The van der Waals surface area contributed by atoms with Crippen LogP contribution in [0.4, 0.5) is 5.00 Å². The lowest BCUT2D eigenvalue weighted by molar-refractivity contribution is -0.380. The zero-order chi connectivity index (χ0) is 14.0. The smallest absolute Gasteiger partial charge is 0.324 e. The van der Waals surface area contributed by atoms with Crippen LogP contribution in [0.25, 0.3) is 0 Å². The van der Waals surface area contributed by atoms with E-state index in [0.29, 0.717) is 6.42 Å². The summed E-state index contributed by atoms with van der Waals surface area (Å²) >= 11 is 0.788. The Morgan fingerprint density at radius 1 is 1.42 bits per heavy atom. The first-order chi connectivity index (χ1) is 8.97. The standard InChI is InChI=1S/C11H10N2O5S/c14-10(8-3-4-9(19-8)13(17)18)12-7-2-1-6(5-7)11(15)16/h1-4,6-7H,5H2,(H,12,14)(H,15,16). The van der Waals surface area contributed by atoms with E-state index in [4.69, 9.17) is 5.11 Å². The first kappa shape index (κ1) is 13.2. The van der Waals surface area contributed by atoms with E-state index in [9.17, 15) is 19.7 Å². The highest BCUT2D eigenvalue weighted by atomic mass is 32.1. The molecule has 7 nitrogen and oxygen atoms in total. The predicted molar refractivity (Wildman–Crippen MR) is 67.1 cm³/mol. The molecule has 1 aliphatic rings.